The predicted octanol–water partition coefficient (Wildman–Crippen LogP) is 2.31. The molecule has 2 unspecified atom stereocenters. The van der Waals surface area contributed by atoms with Crippen molar-refractivity contribution in [1.82, 2.24) is 14.9 Å². The van der Waals surface area contributed by atoms with Crippen LogP contribution < -0.4 is 0 Å². The predicted molar refractivity (Wildman–Crippen MR) is 89.5 cm³/mol. The van der Waals surface area contributed by atoms with Crippen molar-refractivity contribution in [2.45, 2.75) is 38.9 Å². The Kier molecular flexibility index (Phi) is 5.03. The first-order valence-electron chi connectivity index (χ1n) is 7.86. The van der Waals surface area contributed by atoms with Crippen LogP contribution in [0.25, 0.3) is 0 Å². The molecule has 0 spiro atoms. The minimum Gasteiger partial charge on any atom is -0.372 e. The van der Waals surface area contributed by atoms with Crippen molar-refractivity contribution in [3.63, 3.8) is 0 Å². The summed E-state index contributed by atoms with van der Waals surface area (Å²) in [6.45, 7) is 5.33. The molecule has 1 fully saturated rings. The molecule has 5 nitrogen and oxygen atoms in total. The van der Waals surface area contributed by atoms with Crippen LogP contribution >= 0.6 is 11.3 Å². The normalized spacial score (nSPS) is 21.4. The molecule has 6 heteroatoms. The largest absolute Gasteiger partial charge is 0.372 e. The molecule has 0 aliphatic carbocycles. The molecule has 0 aromatic carbocycles. The number of pyridine rings is 1. The molecule has 2 aromatic rings. The smallest absolute Gasteiger partial charge is 0.228 e. The maximum Gasteiger partial charge on any atom is 0.228 e. The Morgan fingerprint density at radius 1 is 1.30 bits per heavy atom. The second kappa shape index (κ2) is 7.19. The third-order valence-corrected chi connectivity index (χ3v) is 4.66. The molecule has 0 saturated carbocycles. The first-order chi connectivity index (χ1) is 11.1. The minimum absolute atomic E-state index is 0.0952. The van der Waals surface area contributed by atoms with Gasteiger partial charge in [-0.15, -0.1) is 11.3 Å². The van der Waals surface area contributed by atoms with Crippen LogP contribution in [0.4, 0.5) is 0 Å². The number of ether oxygens (including phenoxy) is 1. The van der Waals surface area contributed by atoms with E-state index in [1.54, 1.807) is 17.5 Å². The van der Waals surface area contributed by atoms with Gasteiger partial charge in [-0.3, -0.25) is 9.78 Å². The van der Waals surface area contributed by atoms with Gasteiger partial charge in [-0.2, -0.15) is 0 Å². The highest BCUT2D eigenvalue weighted by molar-refractivity contribution is 7.09. The van der Waals surface area contributed by atoms with E-state index in [9.17, 15) is 4.79 Å². The van der Waals surface area contributed by atoms with Crippen LogP contribution in [0.5, 0.6) is 0 Å². The highest BCUT2D eigenvalue weighted by atomic mass is 32.1. The van der Waals surface area contributed by atoms with Crippen LogP contribution in [-0.4, -0.2) is 46.1 Å². The quantitative estimate of drug-likeness (QED) is 0.863. The van der Waals surface area contributed by atoms with E-state index in [0.717, 1.165) is 16.4 Å². The molecule has 2 aromatic heterocycles. The molecule has 0 N–H and O–H groups in total. The Hall–Kier alpha value is -1.79. The summed E-state index contributed by atoms with van der Waals surface area (Å²) < 4.78 is 5.67. The standard InChI is InChI=1S/C17H21N3O2S/c1-12-9-20(10-13(2)22-12)17(21)8-15-11-23-16(19-15)7-14-5-3-4-6-18-14/h3-6,11-13H,7-10H2,1-2H3. The Balaban J connectivity index is 1.59. The highest BCUT2D eigenvalue weighted by Crippen LogP contribution is 2.16. The lowest BCUT2D eigenvalue weighted by Crippen LogP contribution is -2.48. The zero-order valence-corrected chi connectivity index (χ0v) is 14.3. The summed E-state index contributed by atoms with van der Waals surface area (Å²) in [5.74, 6) is 0.127. The van der Waals surface area contributed by atoms with Gasteiger partial charge >= 0.3 is 0 Å². The van der Waals surface area contributed by atoms with Gasteiger partial charge < -0.3 is 9.64 Å². The van der Waals surface area contributed by atoms with E-state index in [4.69, 9.17) is 4.74 Å². The van der Waals surface area contributed by atoms with Gasteiger partial charge in [-0.05, 0) is 26.0 Å². The maximum absolute atomic E-state index is 12.4. The molecule has 1 saturated heterocycles. The number of rotatable bonds is 4. The molecule has 3 heterocycles. The molecular weight excluding hydrogens is 310 g/mol. The molecule has 1 aliphatic rings. The number of aromatic nitrogens is 2. The first kappa shape index (κ1) is 16.1. The third kappa shape index (κ3) is 4.36. The third-order valence-electron chi connectivity index (χ3n) is 3.76. The molecule has 0 radical (unpaired) electrons. The van der Waals surface area contributed by atoms with Crippen molar-refractivity contribution in [2.75, 3.05) is 13.1 Å². The van der Waals surface area contributed by atoms with Crippen molar-refractivity contribution >= 4 is 17.2 Å². The fourth-order valence-corrected chi connectivity index (χ4v) is 3.63. The maximum atomic E-state index is 12.4. The van der Waals surface area contributed by atoms with Crippen LogP contribution in [0.2, 0.25) is 0 Å². The average Bonchev–Trinajstić information content (AvgIpc) is 2.94. The van der Waals surface area contributed by atoms with Crippen molar-refractivity contribution in [3.05, 3.63) is 46.2 Å². The molecule has 23 heavy (non-hydrogen) atoms. The molecule has 1 amide bonds. The van der Waals surface area contributed by atoms with Gasteiger partial charge in [-0.1, -0.05) is 6.07 Å². The lowest BCUT2D eigenvalue weighted by Gasteiger charge is -2.35. The Labute approximate surface area is 140 Å². The van der Waals surface area contributed by atoms with Crippen LogP contribution in [0.1, 0.15) is 30.2 Å². The van der Waals surface area contributed by atoms with Crippen molar-refractivity contribution < 1.29 is 9.53 Å². The molecule has 0 bridgehead atoms. The number of hydrogen-bond donors (Lipinski definition) is 0. The Morgan fingerprint density at radius 2 is 2.09 bits per heavy atom. The number of carbonyl (C=O) groups excluding carboxylic acids is 1. The van der Waals surface area contributed by atoms with Crippen molar-refractivity contribution in [2.24, 2.45) is 0 Å². The Morgan fingerprint density at radius 3 is 2.78 bits per heavy atom. The number of amides is 1. The van der Waals surface area contributed by atoms with E-state index in [1.807, 2.05) is 42.3 Å². The lowest BCUT2D eigenvalue weighted by molar-refractivity contribution is -0.142. The average molecular weight is 331 g/mol. The monoisotopic (exact) mass is 331 g/mol. The summed E-state index contributed by atoms with van der Waals surface area (Å²) in [4.78, 5) is 23.2. The van der Waals surface area contributed by atoms with Gasteiger partial charge in [0.25, 0.3) is 0 Å². The van der Waals surface area contributed by atoms with E-state index in [-0.39, 0.29) is 18.1 Å². The molecule has 2 atom stereocenters. The van der Waals surface area contributed by atoms with E-state index >= 15 is 0 Å². The Bertz CT molecular complexity index is 649. The van der Waals surface area contributed by atoms with Crippen LogP contribution in [0.15, 0.2) is 29.8 Å². The molecule has 122 valence electrons. The van der Waals surface area contributed by atoms with E-state index in [2.05, 4.69) is 9.97 Å². The fraction of sp³-hybridized carbons (Fsp3) is 0.471. The van der Waals surface area contributed by atoms with Crippen molar-refractivity contribution in [1.29, 1.82) is 0 Å². The summed E-state index contributed by atoms with van der Waals surface area (Å²) in [5.41, 5.74) is 1.84. The van der Waals surface area contributed by atoms with Gasteiger partial charge in [0.05, 0.1) is 29.3 Å². The van der Waals surface area contributed by atoms with E-state index in [1.165, 1.54) is 0 Å². The number of hydrogen-bond acceptors (Lipinski definition) is 5. The van der Waals surface area contributed by atoms with Gasteiger partial charge in [0, 0.05) is 36.8 Å². The van der Waals surface area contributed by atoms with Gasteiger partial charge in [0.15, 0.2) is 0 Å². The second-order valence-electron chi connectivity index (χ2n) is 5.96. The molecule has 3 rings (SSSR count). The van der Waals surface area contributed by atoms with Crippen LogP contribution in [0, 0.1) is 0 Å². The summed E-state index contributed by atoms with van der Waals surface area (Å²) >= 11 is 1.59. The van der Waals surface area contributed by atoms with Crippen LogP contribution in [0.3, 0.4) is 0 Å². The number of nitrogens with zero attached hydrogens (tertiary/aromatic N) is 3. The zero-order valence-electron chi connectivity index (χ0n) is 13.4. The van der Waals surface area contributed by atoms with E-state index < -0.39 is 0 Å². The topological polar surface area (TPSA) is 55.3 Å². The van der Waals surface area contributed by atoms with E-state index in [0.29, 0.717) is 25.9 Å². The van der Waals surface area contributed by atoms with Gasteiger partial charge in [-0.25, -0.2) is 4.98 Å². The fourth-order valence-electron chi connectivity index (χ4n) is 2.82. The second-order valence-corrected chi connectivity index (χ2v) is 6.91. The summed E-state index contributed by atoms with van der Waals surface area (Å²) in [5, 5.41) is 2.97. The lowest BCUT2D eigenvalue weighted by atomic mass is 10.2. The number of carbonyl (C=O) groups is 1. The number of morpholine rings is 1. The first-order valence-corrected chi connectivity index (χ1v) is 8.74. The summed E-state index contributed by atoms with van der Waals surface area (Å²) in [7, 11) is 0. The summed E-state index contributed by atoms with van der Waals surface area (Å²) in [6, 6.07) is 5.86. The minimum atomic E-state index is 0.0952. The zero-order chi connectivity index (χ0) is 16.2. The van der Waals surface area contributed by atoms with Crippen LogP contribution in [-0.2, 0) is 22.4 Å². The highest BCUT2D eigenvalue weighted by Gasteiger charge is 2.26. The van der Waals surface area contributed by atoms with Gasteiger partial charge in [0.1, 0.15) is 0 Å². The van der Waals surface area contributed by atoms with Gasteiger partial charge in [0.2, 0.25) is 5.91 Å². The number of thiazole rings is 1. The molecule has 1 aliphatic heterocycles. The SMILES string of the molecule is CC1CN(C(=O)Cc2csc(Cc3ccccn3)n2)CC(C)O1. The van der Waals surface area contributed by atoms with Crippen molar-refractivity contribution in [3.8, 4) is 0 Å². The summed E-state index contributed by atoms with van der Waals surface area (Å²) in [6.07, 6.45) is 3.05. The molecular formula is C17H21N3O2S.